The van der Waals surface area contributed by atoms with Gasteiger partial charge in [0.25, 0.3) is 0 Å². The van der Waals surface area contributed by atoms with Crippen LogP contribution in [0.15, 0.2) is 29.3 Å². The third-order valence-corrected chi connectivity index (χ3v) is 7.23. The minimum absolute atomic E-state index is 0.0655. The molecule has 4 nitrogen and oxygen atoms in total. The van der Waals surface area contributed by atoms with Gasteiger partial charge in [-0.1, -0.05) is 36.0 Å². The summed E-state index contributed by atoms with van der Waals surface area (Å²) >= 11 is 3.21. The van der Waals surface area contributed by atoms with Gasteiger partial charge in [-0.05, 0) is 56.7 Å². The molecule has 1 amide bonds. The Morgan fingerprint density at radius 3 is 2.93 bits per heavy atom. The van der Waals surface area contributed by atoms with E-state index < -0.39 is 0 Å². The summed E-state index contributed by atoms with van der Waals surface area (Å²) in [4.78, 5) is 24.1. The summed E-state index contributed by atoms with van der Waals surface area (Å²) in [5, 5.41) is 5.24. The van der Waals surface area contributed by atoms with E-state index in [-0.39, 0.29) is 11.9 Å². The SMILES string of the molecule is Cc1nc(SCC(=O)N[C@H]2CCCc3ccccc32)c2c(C)c(C)sc2n1. The molecule has 1 aromatic carbocycles. The number of carbonyl (C=O) groups excluding carboxylic acids is 1. The van der Waals surface area contributed by atoms with Crippen molar-refractivity contribution in [1.82, 2.24) is 15.3 Å². The molecule has 140 valence electrons. The summed E-state index contributed by atoms with van der Waals surface area (Å²) in [7, 11) is 0. The molecule has 0 spiro atoms. The van der Waals surface area contributed by atoms with Gasteiger partial charge in [-0.3, -0.25) is 4.79 Å². The third-order valence-electron chi connectivity index (χ3n) is 5.15. The van der Waals surface area contributed by atoms with E-state index in [1.54, 1.807) is 11.3 Å². The van der Waals surface area contributed by atoms with E-state index in [0.717, 1.165) is 40.3 Å². The van der Waals surface area contributed by atoms with Crippen molar-refractivity contribution >= 4 is 39.2 Å². The zero-order valence-electron chi connectivity index (χ0n) is 15.8. The van der Waals surface area contributed by atoms with Crippen LogP contribution in [0.25, 0.3) is 10.2 Å². The number of thioether (sulfide) groups is 1. The summed E-state index contributed by atoms with van der Waals surface area (Å²) in [6.07, 6.45) is 3.23. The molecular weight excluding hydrogens is 374 g/mol. The van der Waals surface area contributed by atoms with E-state index in [4.69, 9.17) is 0 Å². The van der Waals surface area contributed by atoms with Gasteiger partial charge >= 0.3 is 0 Å². The van der Waals surface area contributed by atoms with Crippen molar-refractivity contribution in [3.8, 4) is 0 Å². The van der Waals surface area contributed by atoms with Crippen LogP contribution < -0.4 is 5.32 Å². The molecule has 1 aliphatic carbocycles. The normalized spacial score (nSPS) is 16.3. The molecule has 0 saturated carbocycles. The van der Waals surface area contributed by atoms with Crippen LogP contribution in [0.5, 0.6) is 0 Å². The molecule has 2 aromatic heterocycles. The Bertz CT molecular complexity index is 1010. The lowest BCUT2D eigenvalue weighted by Crippen LogP contribution is -2.32. The zero-order valence-corrected chi connectivity index (χ0v) is 17.5. The Labute approximate surface area is 167 Å². The van der Waals surface area contributed by atoms with Crippen LogP contribution in [-0.4, -0.2) is 21.6 Å². The standard InChI is InChI=1S/C21H23N3OS2/c1-12-13(2)27-21-19(12)20(22-14(3)23-21)26-11-18(25)24-17-10-6-8-15-7-4-5-9-16(15)17/h4-5,7,9,17H,6,8,10-11H2,1-3H3,(H,24,25)/t17-/m0/s1. The molecule has 1 atom stereocenters. The van der Waals surface area contributed by atoms with Crippen molar-refractivity contribution in [2.45, 2.75) is 51.1 Å². The van der Waals surface area contributed by atoms with Crippen LogP contribution in [0, 0.1) is 20.8 Å². The van der Waals surface area contributed by atoms with E-state index in [0.29, 0.717) is 5.75 Å². The first-order valence-electron chi connectivity index (χ1n) is 9.27. The zero-order chi connectivity index (χ0) is 19.0. The second-order valence-electron chi connectivity index (χ2n) is 7.04. The summed E-state index contributed by atoms with van der Waals surface area (Å²) in [5.74, 6) is 1.20. The van der Waals surface area contributed by atoms with Gasteiger partial charge in [-0.15, -0.1) is 11.3 Å². The lowest BCUT2D eigenvalue weighted by Gasteiger charge is -2.26. The molecule has 2 heterocycles. The third kappa shape index (κ3) is 3.73. The summed E-state index contributed by atoms with van der Waals surface area (Å²) in [6, 6.07) is 8.57. The Kier molecular flexibility index (Phi) is 5.19. The maximum Gasteiger partial charge on any atom is 0.230 e. The quantitative estimate of drug-likeness (QED) is 0.502. The van der Waals surface area contributed by atoms with Crippen LogP contribution >= 0.6 is 23.1 Å². The molecule has 1 aliphatic rings. The van der Waals surface area contributed by atoms with Crippen molar-refractivity contribution in [1.29, 1.82) is 0 Å². The van der Waals surface area contributed by atoms with E-state index in [1.807, 2.05) is 6.92 Å². The fourth-order valence-electron chi connectivity index (χ4n) is 3.69. The summed E-state index contributed by atoms with van der Waals surface area (Å²) < 4.78 is 0. The van der Waals surface area contributed by atoms with Crippen LogP contribution in [-0.2, 0) is 11.2 Å². The summed E-state index contributed by atoms with van der Waals surface area (Å²) in [6.45, 7) is 6.13. The Hall–Kier alpha value is -1.92. The first-order valence-corrected chi connectivity index (χ1v) is 11.1. The number of rotatable bonds is 4. The van der Waals surface area contributed by atoms with Crippen molar-refractivity contribution < 1.29 is 4.79 Å². The number of nitrogens with one attached hydrogen (secondary N) is 1. The number of fused-ring (bicyclic) bond motifs is 2. The number of thiophene rings is 1. The van der Waals surface area contributed by atoms with Crippen LogP contribution in [0.1, 0.15) is 46.3 Å². The van der Waals surface area contributed by atoms with Crippen molar-refractivity contribution in [2.75, 3.05) is 5.75 Å². The van der Waals surface area contributed by atoms with Gasteiger partial charge in [-0.2, -0.15) is 0 Å². The molecule has 3 aromatic rings. The summed E-state index contributed by atoms with van der Waals surface area (Å²) in [5.41, 5.74) is 3.85. The molecule has 0 bridgehead atoms. The smallest absolute Gasteiger partial charge is 0.230 e. The van der Waals surface area contributed by atoms with Gasteiger partial charge in [0.2, 0.25) is 5.91 Å². The highest BCUT2D eigenvalue weighted by Crippen LogP contribution is 2.35. The van der Waals surface area contributed by atoms with Crippen LogP contribution in [0.2, 0.25) is 0 Å². The second kappa shape index (κ2) is 7.60. The predicted octanol–water partition coefficient (Wildman–Crippen LogP) is 4.90. The van der Waals surface area contributed by atoms with Gasteiger partial charge in [-0.25, -0.2) is 9.97 Å². The molecule has 6 heteroatoms. The van der Waals surface area contributed by atoms with E-state index >= 15 is 0 Å². The van der Waals surface area contributed by atoms with Crippen molar-refractivity contribution in [3.63, 3.8) is 0 Å². The van der Waals surface area contributed by atoms with Crippen LogP contribution in [0.4, 0.5) is 0 Å². The molecule has 0 fully saturated rings. The number of hydrogen-bond acceptors (Lipinski definition) is 5. The number of amides is 1. The lowest BCUT2D eigenvalue weighted by atomic mass is 9.88. The Morgan fingerprint density at radius 2 is 2.07 bits per heavy atom. The molecule has 27 heavy (non-hydrogen) atoms. The Balaban J connectivity index is 1.49. The Morgan fingerprint density at radius 1 is 1.26 bits per heavy atom. The topological polar surface area (TPSA) is 54.9 Å². The largest absolute Gasteiger partial charge is 0.349 e. The maximum atomic E-state index is 12.6. The highest BCUT2D eigenvalue weighted by atomic mass is 32.2. The number of benzene rings is 1. The fraction of sp³-hybridized carbons (Fsp3) is 0.381. The van der Waals surface area contributed by atoms with Gasteiger partial charge in [0.1, 0.15) is 15.7 Å². The van der Waals surface area contributed by atoms with Gasteiger partial charge in [0.15, 0.2) is 0 Å². The molecule has 1 N–H and O–H groups in total. The number of nitrogens with zero attached hydrogens (tertiary/aromatic N) is 2. The first-order chi connectivity index (χ1) is 13.0. The van der Waals surface area contributed by atoms with Crippen LogP contribution in [0.3, 0.4) is 0 Å². The van der Waals surface area contributed by atoms with E-state index in [9.17, 15) is 4.79 Å². The first kappa shape index (κ1) is 18.4. The number of aryl methyl sites for hydroxylation is 4. The van der Waals surface area contributed by atoms with Gasteiger partial charge in [0.05, 0.1) is 11.8 Å². The monoisotopic (exact) mass is 397 g/mol. The van der Waals surface area contributed by atoms with E-state index in [1.165, 1.54) is 33.3 Å². The molecule has 4 rings (SSSR count). The van der Waals surface area contributed by atoms with Gasteiger partial charge < -0.3 is 5.32 Å². The molecule has 0 aliphatic heterocycles. The highest BCUT2D eigenvalue weighted by molar-refractivity contribution is 8.00. The second-order valence-corrected chi connectivity index (χ2v) is 9.21. The highest BCUT2D eigenvalue weighted by Gasteiger charge is 2.22. The minimum Gasteiger partial charge on any atom is -0.349 e. The fourth-order valence-corrected chi connectivity index (χ4v) is 5.77. The molecule has 0 radical (unpaired) electrons. The average molecular weight is 398 g/mol. The predicted molar refractivity (Wildman–Crippen MR) is 113 cm³/mol. The average Bonchev–Trinajstić information content (AvgIpc) is 2.94. The van der Waals surface area contributed by atoms with E-state index in [2.05, 4.69) is 53.4 Å². The number of carbonyl (C=O) groups is 1. The maximum absolute atomic E-state index is 12.6. The number of hydrogen-bond donors (Lipinski definition) is 1. The molecule has 0 saturated heterocycles. The number of aromatic nitrogens is 2. The lowest BCUT2D eigenvalue weighted by molar-refractivity contribution is -0.119. The van der Waals surface area contributed by atoms with Crippen molar-refractivity contribution in [3.05, 3.63) is 51.7 Å². The van der Waals surface area contributed by atoms with Crippen molar-refractivity contribution in [2.24, 2.45) is 0 Å². The molecule has 0 unspecified atom stereocenters. The molecular formula is C21H23N3OS2. The minimum atomic E-state index is 0.0655. The van der Waals surface area contributed by atoms with Gasteiger partial charge in [0, 0.05) is 10.3 Å².